The van der Waals surface area contributed by atoms with Crippen molar-refractivity contribution in [1.29, 1.82) is 0 Å². The van der Waals surface area contributed by atoms with Gasteiger partial charge in [-0.1, -0.05) is 55.6 Å². The molecule has 0 N–H and O–H groups in total. The van der Waals surface area contributed by atoms with Crippen LogP contribution in [0.3, 0.4) is 0 Å². The SMILES string of the molecule is CC(C)(C)c1nc(-c2cc(Cl)c(Cl)c(Cl)c2)cs1. The van der Waals surface area contributed by atoms with Gasteiger partial charge in [0.15, 0.2) is 0 Å². The van der Waals surface area contributed by atoms with E-state index < -0.39 is 0 Å². The fourth-order valence-corrected chi connectivity index (χ4v) is 2.97. The van der Waals surface area contributed by atoms with Crippen molar-refractivity contribution in [3.63, 3.8) is 0 Å². The van der Waals surface area contributed by atoms with Gasteiger partial charge in [0.2, 0.25) is 0 Å². The lowest BCUT2D eigenvalue weighted by molar-refractivity contribution is 0.586. The first-order valence-electron chi connectivity index (χ1n) is 5.40. The van der Waals surface area contributed by atoms with Gasteiger partial charge in [-0.3, -0.25) is 0 Å². The normalized spacial score (nSPS) is 11.9. The molecule has 0 bridgehead atoms. The third kappa shape index (κ3) is 2.83. The summed E-state index contributed by atoms with van der Waals surface area (Å²) in [5, 5.41) is 4.37. The number of rotatable bonds is 1. The van der Waals surface area contributed by atoms with Crippen LogP contribution in [-0.4, -0.2) is 4.98 Å². The summed E-state index contributed by atoms with van der Waals surface area (Å²) < 4.78 is 0. The Morgan fingerprint density at radius 1 is 1.06 bits per heavy atom. The van der Waals surface area contributed by atoms with Crippen LogP contribution in [0, 0.1) is 0 Å². The number of hydrogen-bond acceptors (Lipinski definition) is 2. The van der Waals surface area contributed by atoms with Gasteiger partial charge in [0, 0.05) is 16.4 Å². The Kier molecular flexibility index (Phi) is 3.93. The molecule has 0 atom stereocenters. The molecular weight excluding hydrogens is 309 g/mol. The number of halogens is 3. The highest BCUT2D eigenvalue weighted by atomic mass is 35.5. The third-order valence-corrected chi connectivity index (χ3v) is 4.89. The summed E-state index contributed by atoms with van der Waals surface area (Å²) >= 11 is 19.6. The maximum absolute atomic E-state index is 6.02. The van der Waals surface area contributed by atoms with Gasteiger partial charge in [-0.2, -0.15) is 0 Å². The molecule has 1 aromatic carbocycles. The smallest absolute Gasteiger partial charge is 0.0986 e. The number of hydrogen-bond donors (Lipinski definition) is 0. The third-order valence-electron chi connectivity index (χ3n) is 2.43. The van der Waals surface area contributed by atoms with Crippen molar-refractivity contribution in [3.8, 4) is 11.3 Å². The lowest BCUT2D eigenvalue weighted by Gasteiger charge is -2.13. The molecular formula is C13H12Cl3NS. The van der Waals surface area contributed by atoms with Crippen molar-refractivity contribution in [2.45, 2.75) is 26.2 Å². The van der Waals surface area contributed by atoms with Crippen LogP contribution in [0.1, 0.15) is 25.8 Å². The molecule has 0 amide bonds. The molecule has 0 saturated heterocycles. The maximum atomic E-state index is 6.02. The fraction of sp³-hybridized carbons (Fsp3) is 0.308. The van der Waals surface area contributed by atoms with Gasteiger partial charge in [0.05, 0.1) is 25.8 Å². The van der Waals surface area contributed by atoms with Crippen molar-refractivity contribution in [2.75, 3.05) is 0 Å². The van der Waals surface area contributed by atoms with E-state index in [0.29, 0.717) is 15.1 Å². The lowest BCUT2D eigenvalue weighted by atomic mass is 9.98. The second-order valence-electron chi connectivity index (χ2n) is 5.04. The molecule has 0 aliphatic carbocycles. The Morgan fingerprint density at radius 2 is 1.61 bits per heavy atom. The van der Waals surface area contributed by atoms with Crippen LogP contribution in [-0.2, 0) is 5.41 Å². The first kappa shape index (κ1) is 14.1. The van der Waals surface area contributed by atoms with Crippen LogP contribution in [0.5, 0.6) is 0 Å². The summed E-state index contributed by atoms with van der Waals surface area (Å²) in [6, 6.07) is 3.58. The Hall–Kier alpha value is -0.280. The van der Waals surface area contributed by atoms with Crippen molar-refractivity contribution in [3.05, 3.63) is 37.6 Å². The highest BCUT2D eigenvalue weighted by Gasteiger charge is 2.19. The van der Waals surface area contributed by atoms with Gasteiger partial charge in [-0.15, -0.1) is 11.3 Å². The van der Waals surface area contributed by atoms with Gasteiger partial charge in [-0.05, 0) is 12.1 Å². The molecule has 0 spiro atoms. The number of thiazole rings is 1. The Bertz CT molecular complexity index is 561. The van der Waals surface area contributed by atoms with Crippen molar-refractivity contribution >= 4 is 46.1 Å². The highest BCUT2D eigenvalue weighted by Crippen LogP contribution is 2.36. The van der Waals surface area contributed by atoms with Gasteiger partial charge in [0.25, 0.3) is 0 Å². The highest BCUT2D eigenvalue weighted by molar-refractivity contribution is 7.10. The summed E-state index contributed by atoms with van der Waals surface area (Å²) in [6.07, 6.45) is 0. The summed E-state index contributed by atoms with van der Waals surface area (Å²) in [5.41, 5.74) is 1.81. The molecule has 0 aliphatic heterocycles. The molecule has 2 rings (SSSR count). The first-order valence-corrected chi connectivity index (χ1v) is 7.41. The Balaban J connectivity index is 2.47. The second-order valence-corrected chi connectivity index (χ2v) is 7.09. The van der Waals surface area contributed by atoms with E-state index in [0.717, 1.165) is 16.3 Å². The predicted octanol–water partition coefficient (Wildman–Crippen LogP) is 6.07. The zero-order valence-corrected chi connectivity index (χ0v) is 13.3. The minimum Gasteiger partial charge on any atom is -0.241 e. The van der Waals surface area contributed by atoms with E-state index in [9.17, 15) is 0 Å². The zero-order valence-electron chi connectivity index (χ0n) is 10.2. The van der Waals surface area contributed by atoms with E-state index in [-0.39, 0.29) is 5.41 Å². The van der Waals surface area contributed by atoms with Crippen LogP contribution >= 0.6 is 46.1 Å². The van der Waals surface area contributed by atoms with E-state index in [2.05, 4.69) is 25.8 Å². The molecule has 0 saturated carbocycles. The molecule has 0 radical (unpaired) electrons. The Morgan fingerprint density at radius 3 is 2.06 bits per heavy atom. The van der Waals surface area contributed by atoms with Gasteiger partial charge in [-0.25, -0.2) is 4.98 Å². The molecule has 0 fully saturated rings. The summed E-state index contributed by atoms with van der Waals surface area (Å²) in [7, 11) is 0. The standard InChI is InChI=1S/C13H12Cl3NS/c1-13(2,3)12-17-10(6-18-12)7-4-8(14)11(16)9(15)5-7/h4-6H,1-3H3. The van der Waals surface area contributed by atoms with E-state index in [1.165, 1.54) is 0 Å². The topological polar surface area (TPSA) is 12.9 Å². The summed E-state index contributed by atoms with van der Waals surface area (Å²) in [4.78, 5) is 4.62. The van der Waals surface area contributed by atoms with Crippen LogP contribution in [0.25, 0.3) is 11.3 Å². The largest absolute Gasteiger partial charge is 0.241 e. The summed E-state index contributed by atoms with van der Waals surface area (Å²) in [5.74, 6) is 0. The van der Waals surface area contributed by atoms with Crippen LogP contribution < -0.4 is 0 Å². The zero-order chi connectivity index (χ0) is 13.5. The number of nitrogens with zero attached hydrogens (tertiary/aromatic N) is 1. The minimum atomic E-state index is 0.0446. The van der Waals surface area contributed by atoms with E-state index in [1.807, 2.05) is 5.38 Å². The van der Waals surface area contributed by atoms with Crippen molar-refractivity contribution < 1.29 is 0 Å². The van der Waals surface area contributed by atoms with Crippen LogP contribution in [0.4, 0.5) is 0 Å². The molecule has 5 heteroatoms. The predicted molar refractivity (Wildman–Crippen MR) is 81.3 cm³/mol. The van der Waals surface area contributed by atoms with E-state index in [1.54, 1.807) is 23.5 Å². The fourth-order valence-electron chi connectivity index (χ4n) is 1.45. The second kappa shape index (κ2) is 5.01. The molecule has 1 aromatic heterocycles. The molecule has 96 valence electrons. The molecule has 1 heterocycles. The van der Waals surface area contributed by atoms with Gasteiger partial charge < -0.3 is 0 Å². The van der Waals surface area contributed by atoms with Crippen molar-refractivity contribution in [1.82, 2.24) is 4.98 Å². The van der Waals surface area contributed by atoms with Gasteiger partial charge in [0.1, 0.15) is 0 Å². The maximum Gasteiger partial charge on any atom is 0.0986 e. The van der Waals surface area contributed by atoms with E-state index in [4.69, 9.17) is 34.8 Å². The number of aromatic nitrogens is 1. The quantitative estimate of drug-likeness (QED) is 0.581. The lowest BCUT2D eigenvalue weighted by Crippen LogP contribution is -2.10. The molecule has 18 heavy (non-hydrogen) atoms. The summed E-state index contributed by atoms with van der Waals surface area (Å²) in [6.45, 7) is 6.41. The van der Waals surface area contributed by atoms with E-state index >= 15 is 0 Å². The number of benzene rings is 1. The van der Waals surface area contributed by atoms with Crippen molar-refractivity contribution in [2.24, 2.45) is 0 Å². The Labute approximate surface area is 126 Å². The monoisotopic (exact) mass is 319 g/mol. The molecule has 0 aliphatic rings. The van der Waals surface area contributed by atoms with Gasteiger partial charge >= 0.3 is 0 Å². The first-order chi connectivity index (χ1) is 8.29. The minimum absolute atomic E-state index is 0.0446. The average Bonchev–Trinajstić information content (AvgIpc) is 2.73. The molecule has 1 nitrogen and oxygen atoms in total. The van der Waals surface area contributed by atoms with Crippen LogP contribution in [0.2, 0.25) is 15.1 Å². The van der Waals surface area contributed by atoms with Crippen LogP contribution in [0.15, 0.2) is 17.5 Å². The molecule has 0 unspecified atom stereocenters. The average molecular weight is 321 g/mol. The molecule has 2 aromatic rings.